The van der Waals surface area contributed by atoms with Crippen LogP contribution in [0.15, 0.2) is 0 Å². The fourth-order valence-corrected chi connectivity index (χ4v) is 9.31. The van der Waals surface area contributed by atoms with Crippen molar-refractivity contribution < 1.29 is 40.8 Å². The summed E-state index contributed by atoms with van der Waals surface area (Å²) in [6.07, 6.45) is 1.97. The lowest BCUT2D eigenvalue weighted by molar-refractivity contribution is -0.0993. The van der Waals surface area contributed by atoms with Gasteiger partial charge in [0.05, 0.1) is 38.1 Å². The third-order valence-corrected chi connectivity index (χ3v) is 12.1. The lowest BCUT2D eigenvalue weighted by atomic mass is 10.2. The van der Waals surface area contributed by atoms with Gasteiger partial charge in [0, 0.05) is 66.3 Å². The highest BCUT2D eigenvalue weighted by atomic mass is 28.4. The Kier molecular flexibility index (Phi) is 11.2. The van der Waals surface area contributed by atoms with Gasteiger partial charge in [0.1, 0.15) is 6.10 Å². The van der Waals surface area contributed by atoms with Gasteiger partial charge in [-0.05, 0) is 26.7 Å². The Bertz CT molecular complexity index is 546. The molecule has 4 atom stereocenters. The van der Waals surface area contributed by atoms with Crippen molar-refractivity contribution in [3.8, 4) is 0 Å². The maximum Gasteiger partial charge on any atom is 0.501 e. The van der Waals surface area contributed by atoms with Gasteiger partial charge >= 0.3 is 17.6 Å². The van der Waals surface area contributed by atoms with Gasteiger partial charge in [0.25, 0.3) is 0 Å². The van der Waals surface area contributed by atoms with E-state index in [0.29, 0.717) is 32.5 Å². The predicted molar refractivity (Wildman–Crippen MR) is 125 cm³/mol. The fourth-order valence-electron chi connectivity index (χ4n) is 4.50. The maximum absolute atomic E-state index is 6.62. The molecule has 194 valence electrons. The van der Waals surface area contributed by atoms with Crippen LogP contribution in [-0.2, 0) is 40.8 Å². The van der Waals surface area contributed by atoms with Crippen molar-refractivity contribution in [1.29, 1.82) is 0 Å². The fraction of sp³-hybridized carbons (Fsp3) is 1.00. The first kappa shape index (κ1) is 27.6. The molecule has 0 aromatic carbocycles. The van der Waals surface area contributed by atoms with Crippen molar-refractivity contribution in [1.82, 2.24) is 4.90 Å². The molecule has 0 aromatic rings. The van der Waals surface area contributed by atoms with Gasteiger partial charge < -0.3 is 40.8 Å². The summed E-state index contributed by atoms with van der Waals surface area (Å²) in [6, 6.07) is 1.45. The van der Waals surface area contributed by atoms with Crippen LogP contribution >= 0.6 is 0 Å². The standard InChI is InChI=1S/C21H43NO9Si2/c1-18-12-22-13-19(2)30-33(29-18,11-7-9-27-16-21-17-28-21)31-20(14-22)15-26-8-6-10-32(23-3,24-4)25-5/h18-21H,6-17H2,1-5H3. The van der Waals surface area contributed by atoms with E-state index in [9.17, 15) is 0 Å². The lowest BCUT2D eigenvalue weighted by Crippen LogP contribution is -2.62. The Morgan fingerprint density at radius 3 is 1.97 bits per heavy atom. The Morgan fingerprint density at radius 2 is 1.39 bits per heavy atom. The minimum absolute atomic E-state index is 0.0713. The molecule has 0 amide bonds. The van der Waals surface area contributed by atoms with E-state index < -0.39 is 17.6 Å². The minimum atomic E-state index is -2.86. The molecule has 0 radical (unpaired) electrons. The summed E-state index contributed by atoms with van der Waals surface area (Å²) in [4.78, 5) is 2.36. The van der Waals surface area contributed by atoms with Gasteiger partial charge in [-0.3, -0.25) is 4.90 Å². The summed E-state index contributed by atoms with van der Waals surface area (Å²) in [5.41, 5.74) is 0. The molecule has 0 N–H and O–H groups in total. The Labute approximate surface area is 200 Å². The zero-order chi connectivity index (χ0) is 23.7. The van der Waals surface area contributed by atoms with Gasteiger partial charge in [-0.2, -0.15) is 0 Å². The van der Waals surface area contributed by atoms with Gasteiger partial charge in [-0.1, -0.05) is 0 Å². The van der Waals surface area contributed by atoms with Crippen molar-refractivity contribution >= 4 is 17.6 Å². The zero-order valence-corrected chi connectivity index (χ0v) is 22.9. The van der Waals surface area contributed by atoms with Crippen LogP contribution in [0.4, 0.5) is 0 Å². The van der Waals surface area contributed by atoms with Crippen LogP contribution in [0.2, 0.25) is 12.1 Å². The zero-order valence-electron chi connectivity index (χ0n) is 20.9. The topological polar surface area (TPSA) is 89.6 Å². The van der Waals surface area contributed by atoms with Crippen molar-refractivity contribution in [3.63, 3.8) is 0 Å². The first-order chi connectivity index (χ1) is 15.9. The van der Waals surface area contributed by atoms with Crippen molar-refractivity contribution in [2.75, 3.05) is 74.0 Å². The number of hydrogen-bond acceptors (Lipinski definition) is 10. The highest BCUT2D eigenvalue weighted by Gasteiger charge is 2.49. The Hall–Kier alpha value is 0.0338. The van der Waals surface area contributed by atoms with Crippen LogP contribution in [0.5, 0.6) is 0 Å². The number of nitrogens with zero attached hydrogens (tertiary/aromatic N) is 1. The molecule has 4 unspecified atom stereocenters. The molecule has 2 bridgehead atoms. The highest BCUT2D eigenvalue weighted by Crippen LogP contribution is 2.29. The van der Waals surface area contributed by atoms with Gasteiger partial charge in [-0.15, -0.1) is 0 Å². The second-order valence-electron chi connectivity index (χ2n) is 9.11. The smallest absolute Gasteiger partial charge is 0.379 e. The van der Waals surface area contributed by atoms with Crippen LogP contribution in [0.3, 0.4) is 0 Å². The molecule has 0 aliphatic carbocycles. The Morgan fingerprint density at radius 1 is 0.818 bits per heavy atom. The maximum atomic E-state index is 6.62. The molecule has 33 heavy (non-hydrogen) atoms. The van der Waals surface area contributed by atoms with Crippen LogP contribution in [0, 0.1) is 0 Å². The predicted octanol–water partition coefficient (Wildman–Crippen LogP) is 1.54. The normalized spacial score (nSPS) is 34.6. The average Bonchev–Trinajstić information content (AvgIpc) is 3.58. The molecule has 12 heteroatoms. The first-order valence-corrected chi connectivity index (χ1v) is 16.0. The number of rotatable bonds is 15. The number of fused-ring (bicyclic) bond motifs is 6. The highest BCUT2D eigenvalue weighted by molar-refractivity contribution is 6.61. The van der Waals surface area contributed by atoms with E-state index in [1.165, 1.54) is 0 Å². The molecule has 4 fully saturated rings. The third-order valence-electron chi connectivity index (χ3n) is 6.09. The van der Waals surface area contributed by atoms with Crippen LogP contribution < -0.4 is 0 Å². The van der Waals surface area contributed by atoms with E-state index in [1.54, 1.807) is 21.3 Å². The molecule has 4 aliphatic rings. The van der Waals surface area contributed by atoms with Crippen LogP contribution in [0.25, 0.3) is 0 Å². The third kappa shape index (κ3) is 8.88. The Balaban J connectivity index is 1.50. The summed E-state index contributed by atoms with van der Waals surface area (Å²) >= 11 is 0. The molecular formula is C21H43NO9Si2. The van der Waals surface area contributed by atoms with Crippen molar-refractivity contribution in [2.45, 2.75) is 63.2 Å². The summed E-state index contributed by atoms with van der Waals surface area (Å²) in [5, 5.41) is 0. The average molecular weight is 510 g/mol. The summed E-state index contributed by atoms with van der Waals surface area (Å²) in [6.45, 7) is 10.00. The second-order valence-corrected chi connectivity index (χ2v) is 14.8. The summed E-state index contributed by atoms with van der Waals surface area (Å²) < 4.78 is 53.0. The quantitative estimate of drug-likeness (QED) is 0.184. The molecule has 0 spiro atoms. The number of ether oxygens (including phenoxy) is 3. The first-order valence-electron chi connectivity index (χ1n) is 12.1. The molecule has 4 saturated heterocycles. The second kappa shape index (κ2) is 13.4. The number of epoxide rings is 1. The van der Waals surface area contributed by atoms with E-state index in [2.05, 4.69) is 18.7 Å². The summed E-state index contributed by atoms with van der Waals surface area (Å²) in [7, 11) is -0.536. The van der Waals surface area contributed by atoms with E-state index in [4.69, 9.17) is 40.8 Å². The van der Waals surface area contributed by atoms with Gasteiger partial charge in [0.2, 0.25) is 0 Å². The molecule has 4 heterocycles. The lowest BCUT2D eigenvalue weighted by Gasteiger charge is -2.46. The SMILES string of the molecule is CO[Si](CCCOCC1CN2CC(C)O[Si](CCCOCC3CO3)(OC(C)C2)O1)(OC)OC. The molecule has 0 saturated carbocycles. The molecule has 10 nitrogen and oxygen atoms in total. The van der Waals surface area contributed by atoms with Gasteiger partial charge in [0.15, 0.2) is 0 Å². The minimum Gasteiger partial charge on any atom is -0.379 e. The largest absolute Gasteiger partial charge is 0.501 e. The monoisotopic (exact) mass is 509 g/mol. The van der Waals surface area contributed by atoms with Gasteiger partial charge in [-0.25, -0.2) is 0 Å². The molecule has 0 aromatic heterocycles. The summed E-state index contributed by atoms with van der Waals surface area (Å²) in [5.74, 6) is 0. The van der Waals surface area contributed by atoms with Crippen LogP contribution in [0.1, 0.15) is 26.7 Å². The van der Waals surface area contributed by atoms with Crippen molar-refractivity contribution in [2.24, 2.45) is 0 Å². The van der Waals surface area contributed by atoms with Crippen LogP contribution in [-0.4, -0.2) is 121 Å². The van der Waals surface area contributed by atoms with Crippen molar-refractivity contribution in [3.05, 3.63) is 0 Å². The molecular weight excluding hydrogens is 466 g/mol. The molecule has 4 aliphatic heterocycles. The van der Waals surface area contributed by atoms with E-state index >= 15 is 0 Å². The van der Waals surface area contributed by atoms with E-state index in [0.717, 1.165) is 45.1 Å². The van der Waals surface area contributed by atoms with E-state index in [1.807, 2.05) is 0 Å². The molecule has 4 rings (SSSR count). The number of hydrogen-bond donors (Lipinski definition) is 0. The van der Waals surface area contributed by atoms with E-state index in [-0.39, 0.29) is 24.4 Å².